The Labute approximate surface area is 154 Å². The van der Waals surface area contributed by atoms with Crippen LogP contribution in [0.15, 0.2) is 23.3 Å². The third-order valence-corrected chi connectivity index (χ3v) is 6.09. The highest BCUT2D eigenvalue weighted by Gasteiger charge is 2.57. The average Bonchev–Trinajstić information content (AvgIpc) is 2.55. The number of carbonyl (C=O) groups is 2. The van der Waals surface area contributed by atoms with Crippen molar-refractivity contribution in [3.63, 3.8) is 0 Å². The lowest BCUT2D eigenvalue weighted by atomic mass is 9.54. The van der Waals surface area contributed by atoms with E-state index in [0.29, 0.717) is 24.0 Å². The molecule has 0 saturated heterocycles. The number of allylic oxidation sites excluding steroid dienone is 1. The lowest BCUT2D eigenvalue weighted by Crippen LogP contribution is -2.59. The van der Waals surface area contributed by atoms with Crippen LogP contribution >= 0.6 is 0 Å². The lowest BCUT2D eigenvalue weighted by Gasteiger charge is -2.53. The number of carbonyl (C=O) groups excluding carboxylic acids is 2. The molecular weight excluding hydrogens is 336 g/mol. The van der Waals surface area contributed by atoms with Gasteiger partial charge in [-0.15, -0.1) is 0 Å². The molecule has 2 aliphatic rings. The van der Waals surface area contributed by atoms with Crippen molar-refractivity contribution in [2.45, 2.75) is 78.1 Å². The minimum absolute atomic E-state index is 0.0983. The van der Waals surface area contributed by atoms with Crippen LogP contribution in [-0.4, -0.2) is 39.4 Å². The number of Topliss-reactive ketones (excluding diaryl/α,β-unsaturated/α-hetero) is 1. The molecule has 0 bridgehead atoms. The molecular formula is C20H30O6. The van der Waals surface area contributed by atoms with E-state index >= 15 is 0 Å². The summed E-state index contributed by atoms with van der Waals surface area (Å²) in [6.07, 6.45) is 4.08. The highest BCUT2D eigenvalue weighted by Crippen LogP contribution is 2.54. The van der Waals surface area contributed by atoms with Crippen LogP contribution in [-0.2, 0) is 19.2 Å². The number of esters is 1. The zero-order valence-electron chi connectivity index (χ0n) is 16.5. The molecule has 1 saturated carbocycles. The summed E-state index contributed by atoms with van der Waals surface area (Å²) in [5, 5.41) is 20.5. The van der Waals surface area contributed by atoms with Gasteiger partial charge >= 0.3 is 5.97 Å². The summed E-state index contributed by atoms with van der Waals surface area (Å²) in [6, 6.07) is 0. The Hall–Kier alpha value is -1.50. The van der Waals surface area contributed by atoms with Gasteiger partial charge in [-0.1, -0.05) is 19.1 Å². The van der Waals surface area contributed by atoms with Crippen LogP contribution in [0.25, 0.3) is 0 Å². The highest BCUT2D eigenvalue weighted by molar-refractivity contribution is 5.98. The molecule has 0 aromatic carbocycles. The maximum atomic E-state index is 12.6. The molecule has 2 aliphatic carbocycles. The van der Waals surface area contributed by atoms with Crippen LogP contribution in [0, 0.1) is 11.3 Å². The Bertz CT molecular complexity index is 657. The minimum Gasteiger partial charge on any atom is -0.456 e. The minimum atomic E-state index is -1.34. The Balaban J connectivity index is 2.41. The van der Waals surface area contributed by atoms with Gasteiger partial charge in [0.1, 0.15) is 17.3 Å². The number of aliphatic hydroxyl groups is 1. The highest BCUT2D eigenvalue weighted by atomic mass is 17.1. The van der Waals surface area contributed by atoms with E-state index < -0.39 is 34.6 Å². The van der Waals surface area contributed by atoms with Crippen molar-refractivity contribution < 1.29 is 29.6 Å². The van der Waals surface area contributed by atoms with Crippen LogP contribution in [0.2, 0.25) is 0 Å². The van der Waals surface area contributed by atoms with Gasteiger partial charge in [0.05, 0.1) is 0 Å². The number of hydrogen-bond acceptors (Lipinski definition) is 6. The molecule has 0 spiro atoms. The number of ketones is 1. The van der Waals surface area contributed by atoms with Crippen molar-refractivity contribution in [1.82, 2.24) is 0 Å². The van der Waals surface area contributed by atoms with E-state index in [2.05, 4.69) is 4.89 Å². The van der Waals surface area contributed by atoms with Gasteiger partial charge in [0.25, 0.3) is 0 Å². The van der Waals surface area contributed by atoms with Crippen molar-refractivity contribution in [2.75, 3.05) is 0 Å². The van der Waals surface area contributed by atoms with E-state index in [1.54, 1.807) is 46.8 Å². The van der Waals surface area contributed by atoms with Gasteiger partial charge in [-0.2, -0.15) is 0 Å². The van der Waals surface area contributed by atoms with Crippen molar-refractivity contribution >= 4 is 11.8 Å². The summed E-state index contributed by atoms with van der Waals surface area (Å²) in [5.41, 5.74) is -2.12. The van der Waals surface area contributed by atoms with Gasteiger partial charge < -0.3 is 9.84 Å². The molecule has 0 heterocycles. The molecule has 26 heavy (non-hydrogen) atoms. The maximum absolute atomic E-state index is 12.6. The first-order chi connectivity index (χ1) is 11.9. The molecule has 0 amide bonds. The lowest BCUT2D eigenvalue weighted by molar-refractivity contribution is -0.300. The van der Waals surface area contributed by atoms with Crippen molar-refractivity contribution in [3.8, 4) is 0 Å². The predicted molar refractivity (Wildman–Crippen MR) is 96.3 cm³/mol. The first-order valence-corrected chi connectivity index (χ1v) is 9.03. The molecule has 6 heteroatoms. The Kier molecular flexibility index (Phi) is 5.53. The largest absolute Gasteiger partial charge is 0.456 e. The van der Waals surface area contributed by atoms with Crippen molar-refractivity contribution in [1.29, 1.82) is 0 Å². The van der Waals surface area contributed by atoms with Gasteiger partial charge in [-0.05, 0) is 52.9 Å². The topological polar surface area (TPSA) is 93.1 Å². The number of fused-ring (bicyclic) bond motifs is 1. The second-order valence-electron chi connectivity index (χ2n) is 8.54. The van der Waals surface area contributed by atoms with E-state index in [1.807, 2.05) is 6.92 Å². The standard InChI is InChI=1S/C20H30O6/c1-7-12(2)17(22)25-16-8-9-19(5)11-14(21)13(18(3,4)26-24)10-15(19)20(16,6)23/h7,10,15-16,23-24H,8-9,11H2,1-6H3. The smallest absolute Gasteiger partial charge is 0.333 e. The molecule has 0 aliphatic heterocycles. The van der Waals surface area contributed by atoms with Crippen LogP contribution in [0.1, 0.15) is 60.8 Å². The normalized spacial score (nSPS) is 35.6. The second-order valence-corrected chi connectivity index (χ2v) is 8.54. The predicted octanol–water partition coefficient (Wildman–Crippen LogP) is 3.20. The molecule has 1 fully saturated rings. The molecule has 0 radical (unpaired) electrons. The Morgan fingerprint density at radius 1 is 1.38 bits per heavy atom. The molecule has 0 aromatic heterocycles. The second kappa shape index (κ2) is 6.91. The van der Waals surface area contributed by atoms with Crippen LogP contribution < -0.4 is 0 Å². The number of ether oxygens (including phenoxy) is 1. The fourth-order valence-corrected chi connectivity index (χ4v) is 4.21. The zero-order chi connectivity index (χ0) is 19.9. The van der Waals surface area contributed by atoms with Crippen LogP contribution in [0.4, 0.5) is 0 Å². The number of rotatable bonds is 4. The van der Waals surface area contributed by atoms with Gasteiger partial charge in [-0.25, -0.2) is 9.68 Å². The SMILES string of the molecule is CC=C(C)C(=O)OC1CCC2(C)CC(=O)C(C(C)(C)OO)=CC2C1(C)O. The third kappa shape index (κ3) is 3.50. The molecule has 146 valence electrons. The van der Waals surface area contributed by atoms with E-state index in [4.69, 9.17) is 4.74 Å². The third-order valence-electron chi connectivity index (χ3n) is 6.09. The van der Waals surface area contributed by atoms with E-state index in [-0.39, 0.29) is 12.2 Å². The molecule has 6 nitrogen and oxygen atoms in total. The van der Waals surface area contributed by atoms with E-state index in [1.165, 1.54) is 0 Å². The van der Waals surface area contributed by atoms with Crippen molar-refractivity contribution in [3.05, 3.63) is 23.3 Å². The van der Waals surface area contributed by atoms with E-state index in [0.717, 1.165) is 0 Å². The molecule has 4 unspecified atom stereocenters. The molecule has 2 N–H and O–H groups in total. The first-order valence-electron chi connectivity index (χ1n) is 9.03. The van der Waals surface area contributed by atoms with Gasteiger partial charge in [-0.3, -0.25) is 10.1 Å². The maximum Gasteiger partial charge on any atom is 0.333 e. The van der Waals surface area contributed by atoms with Gasteiger partial charge in [0.15, 0.2) is 5.78 Å². The Morgan fingerprint density at radius 3 is 2.54 bits per heavy atom. The summed E-state index contributed by atoms with van der Waals surface area (Å²) >= 11 is 0. The van der Waals surface area contributed by atoms with Gasteiger partial charge in [0.2, 0.25) is 0 Å². The van der Waals surface area contributed by atoms with Crippen LogP contribution in [0.3, 0.4) is 0 Å². The quantitative estimate of drug-likeness (QED) is 0.343. The zero-order valence-corrected chi connectivity index (χ0v) is 16.5. The first kappa shape index (κ1) is 20.8. The Morgan fingerprint density at radius 2 is 2.00 bits per heavy atom. The molecule has 0 aromatic rings. The summed E-state index contributed by atoms with van der Waals surface area (Å²) in [4.78, 5) is 29.3. The molecule has 4 atom stereocenters. The monoisotopic (exact) mass is 366 g/mol. The van der Waals surface area contributed by atoms with Gasteiger partial charge in [0, 0.05) is 23.5 Å². The van der Waals surface area contributed by atoms with E-state index in [9.17, 15) is 20.0 Å². The summed E-state index contributed by atoms with van der Waals surface area (Å²) in [5.74, 6) is -0.954. The summed E-state index contributed by atoms with van der Waals surface area (Å²) < 4.78 is 5.58. The molecule has 2 rings (SSSR count). The fourth-order valence-electron chi connectivity index (χ4n) is 4.21. The van der Waals surface area contributed by atoms with Crippen LogP contribution in [0.5, 0.6) is 0 Å². The average molecular weight is 366 g/mol. The van der Waals surface area contributed by atoms with Crippen molar-refractivity contribution in [2.24, 2.45) is 11.3 Å². The summed E-state index contributed by atoms with van der Waals surface area (Å²) in [7, 11) is 0. The number of hydrogen-bond donors (Lipinski definition) is 2. The summed E-state index contributed by atoms with van der Waals surface area (Å²) in [6.45, 7) is 10.2. The fraction of sp³-hybridized carbons (Fsp3) is 0.700.